The number of halogens is 3. The molecule has 196 valence electrons. The SMILES string of the molecule is CC(O)CN1CCC(NC(=O)c2ccc3c(c2)nc(Nc2nc4ccc(OC(F)(F)F)cc4s2)n3C)C1. The monoisotopic (exact) mass is 534 g/mol. The van der Waals surface area contributed by atoms with E-state index >= 15 is 0 Å². The number of aryl methyl sites for hydroxylation is 1. The summed E-state index contributed by atoms with van der Waals surface area (Å²) in [6.07, 6.45) is -4.35. The zero-order valence-electron chi connectivity index (χ0n) is 20.0. The lowest BCUT2D eigenvalue weighted by Gasteiger charge is -2.18. The van der Waals surface area contributed by atoms with Gasteiger partial charge in [0.2, 0.25) is 5.95 Å². The van der Waals surface area contributed by atoms with Gasteiger partial charge in [0.1, 0.15) is 5.75 Å². The Balaban J connectivity index is 1.30. The number of nitrogens with one attached hydrogen (secondary N) is 2. The van der Waals surface area contributed by atoms with Gasteiger partial charge in [-0.1, -0.05) is 11.3 Å². The van der Waals surface area contributed by atoms with Crippen LogP contribution in [-0.4, -0.2) is 68.6 Å². The average molecular weight is 535 g/mol. The fraction of sp³-hybridized carbons (Fsp3) is 0.375. The Morgan fingerprint density at radius 3 is 2.81 bits per heavy atom. The molecular formula is C24H25F3N6O3S. The molecule has 2 atom stereocenters. The van der Waals surface area contributed by atoms with E-state index in [1.165, 1.54) is 29.5 Å². The van der Waals surface area contributed by atoms with Crippen molar-refractivity contribution in [3.63, 3.8) is 0 Å². The summed E-state index contributed by atoms with van der Waals surface area (Å²) in [7, 11) is 1.81. The van der Waals surface area contributed by atoms with Gasteiger partial charge >= 0.3 is 6.36 Å². The van der Waals surface area contributed by atoms with Crippen molar-refractivity contribution >= 4 is 49.6 Å². The summed E-state index contributed by atoms with van der Waals surface area (Å²) < 4.78 is 43.9. The van der Waals surface area contributed by atoms with Crippen LogP contribution < -0.4 is 15.4 Å². The van der Waals surface area contributed by atoms with Crippen molar-refractivity contribution in [2.24, 2.45) is 7.05 Å². The number of carbonyl (C=O) groups excluding carboxylic acids is 1. The predicted octanol–water partition coefficient (Wildman–Crippen LogP) is 4.01. The number of hydrogen-bond donors (Lipinski definition) is 3. The van der Waals surface area contributed by atoms with Gasteiger partial charge in [0, 0.05) is 44.4 Å². The van der Waals surface area contributed by atoms with E-state index in [2.05, 4.69) is 30.2 Å². The molecule has 1 aliphatic rings. The van der Waals surface area contributed by atoms with Gasteiger partial charge in [-0.05, 0) is 43.7 Å². The van der Waals surface area contributed by atoms with Crippen LogP contribution in [-0.2, 0) is 7.05 Å². The number of ether oxygens (including phenoxy) is 1. The number of nitrogens with zero attached hydrogens (tertiary/aromatic N) is 4. The molecule has 3 heterocycles. The molecule has 1 saturated heterocycles. The highest BCUT2D eigenvalue weighted by atomic mass is 32.1. The molecule has 1 aliphatic heterocycles. The van der Waals surface area contributed by atoms with Gasteiger partial charge in [-0.25, -0.2) is 9.97 Å². The van der Waals surface area contributed by atoms with E-state index in [0.29, 0.717) is 45.5 Å². The lowest BCUT2D eigenvalue weighted by molar-refractivity contribution is -0.274. The maximum Gasteiger partial charge on any atom is 0.573 e. The summed E-state index contributed by atoms with van der Waals surface area (Å²) >= 11 is 1.17. The van der Waals surface area contributed by atoms with Crippen molar-refractivity contribution in [3.8, 4) is 5.75 Å². The first-order valence-electron chi connectivity index (χ1n) is 11.7. The molecule has 2 unspecified atom stereocenters. The Labute approximate surface area is 213 Å². The van der Waals surface area contributed by atoms with Crippen molar-refractivity contribution in [1.29, 1.82) is 0 Å². The van der Waals surface area contributed by atoms with Gasteiger partial charge in [0.25, 0.3) is 5.91 Å². The number of alkyl halides is 3. The minimum Gasteiger partial charge on any atom is -0.406 e. The van der Waals surface area contributed by atoms with Crippen LogP contribution in [0.4, 0.5) is 24.3 Å². The van der Waals surface area contributed by atoms with E-state index in [-0.39, 0.29) is 17.7 Å². The number of amides is 1. The molecule has 1 fully saturated rings. The molecule has 0 bridgehead atoms. The van der Waals surface area contributed by atoms with Crippen LogP contribution >= 0.6 is 11.3 Å². The van der Waals surface area contributed by atoms with Gasteiger partial charge < -0.3 is 25.0 Å². The Bertz CT molecular complexity index is 1450. The molecule has 3 N–H and O–H groups in total. The summed E-state index contributed by atoms with van der Waals surface area (Å²) in [5.74, 6) is -0.0195. The number of carbonyl (C=O) groups is 1. The molecule has 0 spiro atoms. The van der Waals surface area contributed by atoms with Crippen LogP contribution in [0.2, 0.25) is 0 Å². The van der Waals surface area contributed by atoms with Gasteiger partial charge in [0.05, 0.1) is 27.4 Å². The molecule has 4 aromatic rings. The number of β-amino-alcohol motifs (C(OH)–C–C–N with tert-alkyl or cyclic N) is 1. The Kier molecular flexibility index (Phi) is 6.68. The lowest BCUT2D eigenvalue weighted by atomic mass is 10.1. The van der Waals surface area contributed by atoms with Crippen molar-refractivity contribution in [3.05, 3.63) is 42.0 Å². The molecule has 0 radical (unpaired) electrons. The quantitative estimate of drug-likeness (QED) is 0.329. The van der Waals surface area contributed by atoms with Crippen LogP contribution in [0.3, 0.4) is 0 Å². The third-order valence-electron chi connectivity index (χ3n) is 6.09. The summed E-state index contributed by atoms with van der Waals surface area (Å²) in [6, 6.07) is 9.27. The second-order valence-electron chi connectivity index (χ2n) is 9.09. The Morgan fingerprint density at radius 1 is 1.24 bits per heavy atom. The van der Waals surface area contributed by atoms with Gasteiger partial charge in [-0.15, -0.1) is 13.2 Å². The Hall–Kier alpha value is -3.42. The van der Waals surface area contributed by atoms with Crippen LogP contribution in [0.15, 0.2) is 36.4 Å². The number of aromatic nitrogens is 3. The van der Waals surface area contributed by atoms with Gasteiger partial charge in [0.15, 0.2) is 5.13 Å². The molecule has 37 heavy (non-hydrogen) atoms. The van der Waals surface area contributed by atoms with Crippen molar-refractivity contribution < 1.29 is 27.8 Å². The number of anilines is 2. The zero-order valence-corrected chi connectivity index (χ0v) is 20.9. The molecule has 5 rings (SSSR count). The molecule has 2 aromatic carbocycles. The number of likely N-dealkylation sites (tertiary alicyclic amines) is 1. The number of thiazole rings is 1. The van der Waals surface area contributed by atoms with Crippen LogP contribution in [0.25, 0.3) is 21.3 Å². The van der Waals surface area contributed by atoms with E-state index in [0.717, 1.165) is 18.5 Å². The van der Waals surface area contributed by atoms with E-state index in [1.54, 1.807) is 19.1 Å². The van der Waals surface area contributed by atoms with E-state index < -0.39 is 12.5 Å². The highest BCUT2D eigenvalue weighted by Gasteiger charge is 2.31. The largest absolute Gasteiger partial charge is 0.573 e. The first-order chi connectivity index (χ1) is 17.5. The predicted molar refractivity (Wildman–Crippen MR) is 134 cm³/mol. The van der Waals surface area contributed by atoms with Crippen molar-refractivity contribution in [2.75, 3.05) is 25.0 Å². The highest BCUT2D eigenvalue weighted by molar-refractivity contribution is 7.22. The van der Waals surface area contributed by atoms with E-state index in [1.807, 2.05) is 17.7 Å². The van der Waals surface area contributed by atoms with Crippen LogP contribution in [0.1, 0.15) is 23.7 Å². The van der Waals surface area contributed by atoms with Crippen LogP contribution in [0.5, 0.6) is 5.75 Å². The summed E-state index contributed by atoms with van der Waals surface area (Å²) in [5.41, 5.74) is 2.42. The van der Waals surface area contributed by atoms with Gasteiger partial charge in [-0.2, -0.15) is 0 Å². The van der Waals surface area contributed by atoms with Crippen molar-refractivity contribution in [1.82, 2.24) is 24.8 Å². The fourth-order valence-corrected chi connectivity index (χ4v) is 5.35. The summed E-state index contributed by atoms with van der Waals surface area (Å²) in [4.78, 5) is 24.0. The molecular weight excluding hydrogens is 509 g/mol. The highest BCUT2D eigenvalue weighted by Crippen LogP contribution is 2.33. The number of aliphatic hydroxyl groups is 1. The third-order valence-corrected chi connectivity index (χ3v) is 7.02. The summed E-state index contributed by atoms with van der Waals surface area (Å²) in [6.45, 7) is 3.85. The second kappa shape index (κ2) is 9.80. The number of aliphatic hydroxyl groups excluding tert-OH is 1. The first-order valence-corrected chi connectivity index (χ1v) is 12.5. The van der Waals surface area contributed by atoms with Gasteiger partial charge in [-0.3, -0.25) is 9.69 Å². The number of imidazole rings is 1. The number of benzene rings is 2. The standard InChI is InChI=1S/C24H25F3N6O3S/c1-13(34)11-33-8-7-15(12-33)28-21(35)14-3-6-19-18(9-14)29-22(32(19)2)31-23-30-17-5-4-16(10-20(17)37-23)36-24(25,26)27/h3-6,9-10,13,15,34H,7-8,11-12H2,1-2H3,(H,28,35)(H,29,30,31). The maximum absolute atomic E-state index is 12.9. The maximum atomic E-state index is 12.9. The minimum atomic E-state index is -4.77. The Morgan fingerprint density at radius 2 is 2.05 bits per heavy atom. The number of rotatable bonds is 7. The molecule has 2 aromatic heterocycles. The smallest absolute Gasteiger partial charge is 0.406 e. The lowest BCUT2D eigenvalue weighted by Crippen LogP contribution is -2.38. The molecule has 13 heteroatoms. The topological polar surface area (TPSA) is 105 Å². The number of fused-ring (bicyclic) bond motifs is 2. The zero-order chi connectivity index (χ0) is 26.3. The van der Waals surface area contributed by atoms with Crippen molar-refractivity contribution in [2.45, 2.75) is 31.9 Å². The van der Waals surface area contributed by atoms with Crippen LogP contribution in [0, 0.1) is 0 Å². The minimum absolute atomic E-state index is 0.0176. The molecule has 0 aliphatic carbocycles. The third kappa shape index (κ3) is 5.78. The fourth-order valence-electron chi connectivity index (χ4n) is 4.46. The summed E-state index contributed by atoms with van der Waals surface area (Å²) in [5, 5.41) is 16.2. The normalized spacial score (nSPS) is 17.4. The average Bonchev–Trinajstić information content (AvgIpc) is 3.49. The second-order valence-corrected chi connectivity index (χ2v) is 10.1. The molecule has 9 nitrogen and oxygen atoms in total. The van der Waals surface area contributed by atoms with E-state index in [4.69, 9.17) is 0 Å². The first kappa shape index (κ1) is 25.2. The molecule has 1 amide bonds. The molecule has 0 saturated carbocycles. The van der Waals surface area contributed by atoms with E-state index in [9.17, 15) is 23.1 Å². The number of hydrogen-bond acceptors (Lipinski definition) is 8.